The van der Waals surface area contributed by atoms with Crippen LogP contribution < -0.4 is 5.73 Å². The Kier molecular flexibility index (Phi) is 2.34. The van der Waals surface area contributed by atoms with Gasteiger partial charge in [-0.1, -0.05) is 6.92 Å². The Morgan fingerprint density at radius 1 is 1.16 bits per heavy atom. The van der Waals surface area contributed by atoms with Crippen LogP contribution in [0.15, 0.2) is 0 Å². The normalized spacial score (nSPS) is 40.0. The summed E-state index contributed by atoms with van der Waals surface area (Å²) < 4.78 is 1.91. The standard InChI is InChI=1S/C16H25N3/c1-3-13-14(18-19(2)15(13)17)16-7-10-4-11(8-16)6-12(5-10)9-16/h10-12H,3-9,17H2,1-2H3. The molecule has 3 nitrogen and oxygen atoms in total. The SMILES string of the molecule is CCc1c(C23CC4CC(CC(C4)C2)C3)nn(C)c1N. The molecule has 0 unspecified atom stereocenters. The highest BCUT2D eigenvalue weighted by Crippen LogP contribution is 2.61. The van der Waals surface area contributed by atoms with Gasteiger partial charge in [-0.3, -0.25) is 4.68 Å². The zero-order valence-corrected chi connectivity index (χ0v) is 12.2. The molecule has 4 bridgehead atoms. The maximum absolute atomic E-state index is 6.23. The molecule has 4 aliphatic rings. The van der Waals surface area contributed by atoms with Crippen molar-refractivity contribution in [3.8, 4) is 0 Å². The summed E-state index contributed by atoms with van der Waals surface area (Å²) in [6.07, 6.45) is 9.62. The summed E-state index contributed by atoms with van der Waals surface area (Å²) in [5.41, 5.74) is 9.32. The molecule has 4 aliphatic carbocycles. The zero-order valence-electron chi connectivity index (χ0n) is 12.2. The van der Waals surface area contributed by atoms with E-state index in [-0.39, 0.29) is 0 Å². The Bertz CT molecular complexity index is 479. The molecule has 0 radical (unpaired) electrons. The van der Waals surface area contributed by atoms with E-state index in [0.29, 0.717) is 5.41 Å². The fourth-order valence-corrected chi connectivity index (χ4v) is 5.76. The Hall–Kier alpha value is -0.990. The molecule has 5 rings (SSSR count). The first-order valence-corrected chi connectivity index (χ1v) is 7.93. The molecule has 0 saturated heterocycles. The van der Waals surface area contributed by atoms with Crippen molar-refractivity contribution < 1.29 is 0 Å². The van der Waals surface area contributed by atoms with Gasteiger partial charge in [-0.05, 0) is 62.7 Å². The first-order valence-electron chi connectivity index (χ1n) is 7.93. The van der Waals surface area contributed by atoms with Crippen LogP contribution in [0.5, 0.6) is 0 Å². The quantitative estimate of drug-likeness (QED) is 0.887. The molecule has 4 fully saturated rings. The van der Waals surface area contributed by atoms with Crippen molar-refractivity contribution in [3.05, 3.63) is 11.3 Å². The van der Waals surface area contributed by atoms with E-state index in [1.807, 2.05) is 11.7 Å². The summed E-state index contributed by atoms with van der Waals surface area (Å²) in [6.45, 7) is 2.22. The Morgan fingerprint density at radius 2 is 1.68 bits per heavy atom. The molecule has 0 aliphatic heterocycles. The van der Waals surface area contributed by atoms with Crippen molar-refractivity contribution in [2.24, 2.45) is 24.8 Å². The van der Waals surface area contributed by atoms with Gasteiger partial charge in [0, 0.05) is 18.0 Å². The van der Waals surface area contributed by atoms with Crippen molar-refractivity contribution in [2.45, 2.75) is 57.3 Å². The van der Waals surface area contributed by atoms with Crippen molar-refractivity contribution in [1.29, 1.82) is 0 Å². The first-order chi connectivity index (χ1) is 9.11. The molecule has 19 heavy (non-hydrogen) atoms. The maximum atomic E-state index is 6.23. The molecule has 0 amide bonds. The molecule has 2 N–H and O–H groups in total. The van der Waals surface area contributed by atoms with Crippen molar-refractivity contribution >= 4 is 5.82 Å². The van der Waals surface area contributed by atoms with Crippen molar-refractivity contribution in [1.82, 2.24) is 9.78 Å². The number of rotatable bonds is 2. The minimum atomic E-state index is 0.384. The van der Waals surface area contributed by atoms with Gasteiger partial charge in [0.2, 0.25) is 0 Å². The lowest BCUT2D eigenvalue weighted by Gasteiger charge is -2.56. The second-order valence-corrected chi connectivity index (χ2v) is 7.39. The van der Waals surface area contributed by atoms with E-state index >= 15 is 0 Å². The Morgan fingerprint density at radius 3 is 2.16 bits per heavy atom. The second kappa shape index (κ2) is 3.77. The lowest BCUT2D eigenvalue weighted by Crippen LogP contribution is -2.49. The monoisotopic (exact) mass is 259 g/mol. The third kappa shape index (κ3) is 1.53. The molecule has 0 aromatic carbocycles. The minimum absolute atomic E-state index is 0.384. The minimum Gasteiger partial charge on any atom is -0.384 e. The molecule has 1 aromatic heterocycles. The summed E-state index contributed by atoms with van der Waals surface area (Å²) in [5, 5.41) is 4.86. The Labute approximate surface area is 115 Å². The number of aryl methyl sites for hydroxylation is 1. The van der Waals surface area contributed by atoms with Crippen molar-refractivity contribution in [3.63, 3.8) is 0 Å². The highest BCUT2D eigenvalue weighted by atomic mass is 15.3. The van der Waals surface area contributed by atoms with E-state index in [1.54, 1.807) is 0 Å². The largest absolute Gasteiger partial charge is 0.384 e. The topological polar surface area (TPSA) is 43.8 Å². The summed E-state index contributed by atoms with van der Waals surface area (Å²) >= 11 is 0. The van der Waals surface area contributed by atoms with Crippen LogP contribution >= 0.6 is 0 Å². The van der Waals surface area contributed by atoms with Crippen LogP contribution in [-0.2, 0) is 18.9 Å². The van der Waals surface area contributed by atoms with Gasteiger partial charge in [0.05, 0.1) is 5.69 Å². The van der Waals surface area contributed by atoms with E-state index < -0.39 is 0 Å². The summed E-state index contributed by atoms with van der Waals surface area (Å²) in [6, 6.07) is 0. The fourth-order valence-electron chi connectivity index (χ4n) is 5.76. The number of nitrogens with two attached hydrogens (primary N) is 1. The third-order valence-electron chi connectivity index (χ3n) is 6.09. The molecule has 4 saturated carbocycles. The van der Waals surface area contributed by atoms with E-state index in [1.165, 1.54) is 49.8 Å². The van der Waals surface area contributed by atoms with Crippen LogP contribution in [0.1, 0.15) is 56.7 Å². The van der Waals surface area contributed by atoms with Gasteiger partial charge in [-0.25, -0.2) is 0 Å². The van der Waals surface area contributed by atoms with Gasteiger partial charge in [0.15, 0.2) is 0 Å². The highest BCUT2D eigenvalue weighted by molar-refractivity contribution is 5.47. The van der Waals surface area contributed by atoms with E-state index in [9.17, 15) is 0 Å². The van der Waals surface area contributed by atoms with Crippen LogP contribution in [-0.4, -0.2) is 9.78 Å². The van der Waals surface area contributed by atoms with Crippen LogP contribution in [0.4, 0.5) is 5.82 Å². The van der Waals surface area contributed by atoms with Gasteiger partial charge >= 0.3 is 0 Å². The zero-order chi connectivity index (χ0) is 13.2. The van der Waals surface area contributed by atoms with Crippen LogP contribution in [0.2, 0.25) is 0 Å². The number of aromatic nitrogens is 2. The molecule has 1 aromatic rings. The second-order valence-electron chi connectivity index (χ2n) is 7.39. The van der Waals surface area contributed by atoms with Crippen molar-refractivity contribution in [2.75, 3.05) is 5.73 Å². The van der Waals surface area contributed by atoms with E-state index in [2.05, 4.69) is 6.92 Å². The average molecular weight is 259 g/mol. The smallest absolute Gasteiger partial charge is 0.124 e. The first kappa shape index (κ1) is 11.8. The average Bonchev–Trinajstić information content (AvgIpc) is 2.64. The third-order valence-corrected chi connectivity index (χ3v) is 6.09. The van der Waals surface area contributed by atoms with Crippen LogP contribution in [0, 0.1) is 17.8 Å². The number of hydrogen-bond donors (Lipinski definition) is 1. The van der Waals surface area contributed by atoms with E-state index in [0.717, 1.165) is 30.0 Å². The lowest BCUT2D eigenvalue weighted by molar-refractivity contribution is -0.00778. The summed E-state index contributed by atoms with van der Waals surface area (Å²) in [4.78, 5) is 0. The van der Waals surface area contributed by atoms with Gasteiger partial charge in [-0.2, -0.15) is 5.10 Å². The van der Waals surface area contributed by atoms with Crippen LogP contribution in [0.25, 0.3) is 0 Å². The summed E-state index contributed by atoms with van der Waals surface area (Å²) in [5.74, 6) is 3.81. The van der Waals surface area contributed by atoms with Gasteiger partial charge in [0.25, 0.3) is 0 Å². The predicted molar refractivity (Wildman–Crippen MR) is 76.8 cm³/mol. The summed E-state index contributed by atoms with van der Waals surface area (Å²) in [7, 11) is 2.00. The number of nitrogen functional groups attached to an aromatic ring is 1. The Balaban J connectivity index is 1.81. The number of hydrogen-bond acceptors (Lipinski definition) is 2. The molecule has 0 atom stereocenters. The maximum Gasteiger partial charge on any atom is 0.124 e. The van der Waals surface area contributed by atoms with Crippen LogP contribution in [0.3, 0.4) is 0 Å². The molecular formula is C16H25N3. The molecule has 0 spiro atoms. The number of nitrogens with zero attached hydrogens (tertiary/aromatic N) is 2. The fraction of sp³-hybridized carbons (Fsp3) is 0.812. The molecule has 3 heteroatoms. The number of anilines is 1. The lowest BCUT2D eigenvalue weighted by atomic mass is 9.48. The van der Waals surface area contributed by atoms with E-state index in [4.69, 9.17) is 10.8 Å². The molecular weight excluding hydrogens is 234 g/mol. The van der Waals surface area contributed by atoms with Gasteiger partial charge in [-0.15, -0.1) is 0 Å². The van der Waals surface area contributed by atoms with Gasteiger partial charge < -0.3 is 5.73 Å². The highest BCUT2D eigenvalue weighted by Gasteiger charge is 2.53. The predicted octanol–water partition coefficient (Wildman–Crippen LogP) is 3.03. The molecule has 1 heterocycles. The molecule has 104 valence electrons. The van der Waals surface area contributed by atoms with Gasteiger partial charge in [0.1, 0.15) is 5.82 Å².